The Balaban J connectivity index is 2.17. The van der Waals surface area contributed by atoms with Crippen molar-refractivity contribution in [1.29, 1.82) is 0 Å². The average molecular weight is 265 g/mol. The highest BCUT2D eigenvalue weighted by molar-refractivity contribution is 9.09. The minimum Gasteiger partial charge on any atom is -0.416 e. The van der Waals surface area contributed by atoms with E-state index in [1.165, 1.54) is 32.1 Å². The number of hydrogen-bond acceptors (Lipinski definition) is 1. The van der Waals surface area contributed by atoms with Gasteiger partial charge in [0.2, 0.25) is 0 Å². The lowest BCUT2D eigenvalue weighted by Crippen LogP contribution is -2.35. The van der Waals surface area contributed by atoms with Crippen LogP contribution in [0.3, 0.4) is 0 Å². The van der Waals surface area contributed by atoms with E-state index in [4.69, 9.17) is 4.43 Å². The molecule has 1 rings (SSSR count). The summed E-state index contributed by atoms with van der Waals surface area (Å²) in [5.41, 5.74) is 0. The number of alkyl halides is 1. The Bertz CT molecular complexity index is 144. The first-order valence-corrected chi connectivity index (χ1v) is 9.58. The summed E-state index contributed by atoms with van der Waals surface area (Å²) in [6, 6.07) is 0. The highest BCUT2D eigenvalue weighted by Gasteiger charge is 2.23. The van der Waals surface area contributed by atoms with E-state index in [9.17, 15) is 0 Å². The summed E-state index contributed by atoms with van der Waals surface area (Å²) in [6.07, 6.45) is 7.07. The molecule has 0 spiro atoms. The molecule has 0 bridgehead atoms. The van der Waals surface area contributed by atoms with E-state index in [-0.39, 0.29) is 0 Å². The number of hydrogen-bond donors (Lipinski definition) is 0. The van der Waals surface area contributed by atoms with Crippen LogP contribution in [-0.4, -0.2) is 19.9 Å². The second-order valence-corrected chi connectivity index (χ2v) is 10.5. The van der Waals surface area contributed by atoms with Crippen LogP contribution in [-0.2, 0) is 4.43 Å². The number of rotatable bonds is 4. The van der Waals surface area contributed by atoms with E-state index >= 15 is 0 Å². The van der Waals surface area contributed by atoms with Crippen LogP contribution < -0.4 is 0 Å². The van der Waals surface area contributed by atoms with Crippen LogP contribution in [0, 0.1) is 5.92 Å². The Morgan fingerprint density at radius 2 is 1.85 bits per heavy atom. The summed E-state index contributed by atoms with van der Waals surface area (Å²) in [4.78, 5) is 1.06. The van der Waals surface area contributed by atoms with Gasteiger partial charge in [-0.15, -0.1) is 0 Å². The van der Waals surface area contributed by atoms with Crippen molar-refractivity contribution in [3.05, 3.63) is 0 Å². The molecule has 1 saturated carbocycles. The minimum atomic E-state index is -1.34. The van der Waals surface area contributed by atoms with Gasteiger partial charge in [0.15, 0.2) is 8.32 Å². The quantitative estimate of drug-likeness (QED) is 0.556. The zero-order chi connectivity index (χ0) is 9.73. The molecule has 0 aromatic rings. The van der Waals surface area contributed by atoms with Gasteiger partial charge in [0.1, 0.15) is 0 Å². The van der Waals surface area contributed by atoms with Crippen LogP contribution in [0.5, 0.6) is 0 Å². The number of halogens is 1. The van der Waals surface area contributed by atoms with E-state index in [2.05, 4.69) is 29.0 Å². The molecule has 0 aromatic carbocycles. The van der Waals surface area contributed by atoms with Crippen LogP contribution in [0.2, 0.25) is 13.1 Å². The topological polar surface area (TPSA) is 9.23 Å². The zero-order valence-electron chi connectivity index (χ0n) is 8.81. The third-order valence-electron chi connectivity index (χ3n) is 2.76. The van der Waals surface area contributed by atoms with E-state index in [0.29, 0.717) is 0 Å². The first-order chi connectivity index (χ1) is 6.14. The first kappa shape index (κ1) is 11.7. The highest BCUT2D eigenvalue weighted by atomic mass is 79.9. The molecule has 0 heterocycles. The van der Waals surface area contributed by atoms with Crippen molar-refractivity contribution in [2.45, 2.75) is 45.2 Å². The van der Waals surface area contributed by atoms with Crippen LogP contribution in [0.25, 0.3) is 0 Å². The first-order valence-electron chi connectivity index (χ1n) is 5.34. The second-order valence-electron chi connectivity index (χ2n) is 4.71. The molecule has 0 amide bonds. The van der Waals surface area contributed by atoms with Crippen molar-refractivity contribution in [1.82, 2.24) is 0 Å². The van der Waals surface area contributed by atoms with Crippen LogP contribution >= 0.6 is 15.9 Å². The largest absolute Gasteiger partial charge is 0.416 e. The summed E-state index contributed by atoms with van der Waals surface area (Å²) in [5, 5.41) is 0. The summed E-state index contributed by atoms with van der Waals surface area (Å²) in [5.74, 6) is 0.861. The van der Waals surface area contributed by atoms with Crippen molar-refractivity contribution in [2.75, 3.05) is 11.6 Å². The van der Waals surface area contributed by atoms with E-state index in [1.54, 1.807) is 0 Å². The van der Waals surface area contributed by atoms with Crippen LogP contribution in [0.15, 0.2) is 0 Å². The second kappa shape index (κ2) is 5.52. The standard InChI is InChI=1S/C10H21BrOSi/c1-13(2,9-11)12-8-10-6-4-3-5-7-10/h10H,3-9H2,1-2H3. The normalized spacial score (nSPS) is 20.5. The van der Waals surface area contributed by atoms with Gasteiger partial charge in [-0.2, -0.15) is 0 Å². The van der Waals surface area contributed by atoms with Crippen molar-refractivity contribution in [2.24, 2.45) is 5.92 Å². The fraction of sp³-hybridized carbons (Fsp3) is 1.00. The monoisotopic (exact) mass is 264 g/mol. The maximum atomic E-state index is 6.01. The Kier molecular flexibility index (Phi) is 4.98. The molecule has 78 valence electrons. The summed E-state index contributed by atoms with van der Waals surface area (Å²) < 4.78 is 6.01. The summed E-state index contributed by atoms with van der Waals surface area (Å²) in [7, 11) is -1.34. The molecule has 1 aliphatic rings. The molecule has 1 aliphatic carbocycles. The molecule has 0 atom stereocenters. The van der Waals surface area contributed by atoms with Crippen LogP contribution in [0.1, 0.15) is 32.1 Å². The lowest BCUT2D eigenvalue weighted by molar-refractivity contribution is 0.203. The third kappa shape index (κ3) is 4.61. The molecule has 0 radical (unpaired) electrons. The van der Waals surface area contributed by atoms with E-state index < -0.39 is 8.32 Å². The van der Waals surface area contributed by atoms with Gasteiger partial charge in [0.25, 0.3) is 0 Å². The van der Waals surface area contributed by atoms with Crippen molar-refractivity contribution in [3.63, 3.8) is 0 Å². The summed E-state index contributed by atoms with van der Waals surface area (Å²) >= 11 is 3.53. The molecule has 0 saturated heterocycles. The van der Waals surface area contributed by atoms with Gasteiger partial charge in [-0.1, -0.05) is 35.2 Å². The molecule has 1 fully saturated rings. The minimum absolute atomic E-state index is 0.861. The molecular formula is C10H21BrOSi. The maximum Gasteiger partial charge on any atom is 0.197 e. The lowest BCUT2D eigenvalue weighted by atomic mass is 9.90. The predicted molar refractivity (Wildman–Crippen MR) is 63.8 cm³/mol. The van der Waals surface area contributed by atoms with Gasteiger partial charge < -0.3 is 4.43 Å². The fourth-order valence-corrected chi connectivity index (χ4v) is 2.99. The van der Waals surface area contributed by atoms with Crippen LogP contribution in [0.4, 0.5) is 0 Å². The Hall–Kier alpha value is 0.657. The average Bonchev–Trinajstić information content (AvgIpc) is 2.17. The maximum absolute atomic E-state index is 6.01. The predicted octanol–water partition coefficient (Wildman–Crippen LogP) is 3.72. The molecule has 0 unspecified atom stereocenters. The zero-order valence-corrected chi connectivity index (χ0v) is 11.4. The van der Waals surface area contributed by atoms with E-state index in [1.807, 2.05) is 0 Å². The fourth-order valence-electron chi connectivity index (χ4n) is 1.74. The lowest BCUT2D eigenvalue weighted by Gasteiger charge is -2.26. The van der Waals surface area contributed by atoms with Gasteiger partial charge in [0, 0.05) is 11.6 Å². The van der Waals surface area contributed by atoms with Gasteiger partial charge in [0.05, 0.1) is 0 Å². The van der Waals surface area contributed by atoms with Gasteiger partial charge in [-0.3, -0.25) is 0 Å². The van der Waals surface area contributed by atoms with Gasteiger partial charge >= 0.3 is 0 Å². The molecule has 0 aliphatic heterocycles. The smallest absolute Gasteiger partial charge is 0.197 e. The molecule has 3 heteroatoms. The van der Waals surface area contributed by atoms with E-state index in [0.717, 1.165) is 17.5 Å². The molecular weight excluding hydrogens is 244 g/mol. The Morgan fingerprint density at radius 1 is 1.23 bits per heavy atom. The van der Waals surface area contributed by atoms with Crippen molar-refractivity contribution in [3.8, 4) is 0 Å². The van der Waals surface area contributed by atoms with Crippen molar-refractivity contribution >= 4 is 24.2 Å². The van der Waals surface area contributed by atoms with Gasteiger partial charge in [-0.05, 0) is 31.9 Å². The van der Waals surface area contributed by atoms with Crippen molar-refractivity contribution < 1.29 is 4.43 Å². The van der Waals surface area contributed by atoms with Gasteiger partial charge in [-0.25, -0.2) is 0 Å². The molecule has 1 nitrogen and oxygen atoms in total. The molecule has 13 heavy (non-hydrogen) atoms. The SMILES string of the molecule is C[Si](C)(CBr)OCC1CCCCC1. The Morgan fingerprint density at radius 3 is 2.38 bits per heavy atom. The molecule has 0 aromatic heterocycles. The highest BCUT2D eigenvalue weighted by Crippen LogP contribution is 2.24. The summed E-state index contributed by atoms with van der Waals surface area (Å²) in [6.45, 7) is 5.58. The third-order valence-corrected chi connectivity index (χ3v) is 8.40. The molecule has 0 N–H and O–H groups in total. The Labute approximate surface area is 91.5 Å².